The van der Waals surface area contributed by atoms with Gasteiger partial charge in [-0.25, -0.2) is 0 Å². The van der Waals surface area contributed by atoms with E-state index in [1.54, 1.807) is 39.8 Å². The van der Waals surface area contributed by atoms with Crippen LogP contribution in [0.1, 0.15) is 86.5 Å². The van der Waals surface area contributed by atoms with Crippen LogP contribution in [0.5, 0.6) is 0 Å². The Hall–Kier alpha value is -1.90. The molecule has 0 aromatic heterocycles. The van der Waals surface area contributed by atoms with E-state index < -0.39 is 110 Å². The van der Waals surface area contributed by atoms with E-state index in [4.69, 9.17) is 37.9 Å². The predicted molar refractivity (Wildman–Crippen MR) is 217 cm³/mol. The van der Waals surface area contributed by atoms with E-state index in [0.29, 0.717) is 19.3 Å². The maximum atomic E-state index is 13.1. The van der Waals surface area contributed by atoms with Gasteiger partial charge >= 0.3 is 5.97 Å². The van der Waals surface area contributed by atoms with Crippen molar-refractivity contribution in [2.45, 2.75) is 190 Å². The Morgan fingerprint density at radius 1 is 0.864 bits per heavy atom. The summed E-state index contributed by atoms with van der Waals surface area (Å²) in [6, 6.07) is -0.466. The molecule has 3 fully saturated rings. The zero-order valence-electron chi connectivity index (χ0n) is 37.0. The van der Waals surface area contributed by atoms with Crippen LogP contribution in [0.2, 0.25) is 0 Å². The molecule has 4 rings (SSSR count). The third-order valence-corrected chi connectivity index (χ3v) is 12.4. The van der Waals surface area contributed by atoms with Gasteiger partial charge in [0.15, 0.2) is 18.9 Å². The number of nitrogens with zero attached hydrogens (tertiary/aromatic N) is 2. The fraction of sp³-hybridized carbons (Fsp3) is 0.860. The Morgan fingerprint density at radius 2 is 1.56 bits per heavy atom. The number of hydrogen-bond donors (Lipinski definition) is 4. The summed E-state index contributed by atoms with van der Waals surface area (Å²) in [5.41, 5.74) is -1.47. The number of rotatable bonds is 11. The molecule has 16 heteroatoms. The summed E-state index contributed by atoms with van der Waals surface area (Å²) in [5, 5.41) is 45.1. The first kappa shape index (κ1) is 49.8. The largest absolute Gasteiger partial charge is 0.462 e. The average molecular weight is 843 g/mol. The Kier molecular flexibility index (Phi) is 18.9. The molecule has 0 aromatic rings. The normalized spacial score (nSPS) is 45.8. The van der Waals surface area contributed by atoms with Crippen LogP contribution in [-0.4, -0.2) is 181 Å². The second kappa shape index (κ2) is 22.5. The van der Waals surface area contributed by atoms with Gasteiger partial charge in [0.25, 0.3) is 0 Å². The zero-order chi connectivity index (χ0) is 43.8. The highest BCUT2D eigenvalue weighted by atomic mass is 16.7. The van der Waals surface area contributed by atoms with Crippen LogP contribution in [0.4, 0.5) is 0 Å². The van der Waals surface area contributed by atoms with Gasteiger partial charge in [-0.2, -0.15) is 0 Å². The summed E-state index contributed by atoms with van der Waals surface area (Å²) in [6.45, 7) is 10.8. The van der Waals surface area contributed by atoms with Crippen LogP contribution in [0, 0.1) is 11.8 Å². The second-order valence-electron chi connectivity index (χ2n) is 17.8. The van der Waals surface area contributed by atoms with Gasteiger partial charge in [0, 0.05) is 32.4 Å². The number of ether oxygens (including phenoxy) is 8. The fourth-order valence-corrected chi connectivity index (χ4v) is 9.10. The van der Waals surface area contributed by atoms with Gasteiger partial charge in [0.1, 0.15) is 36.8 Å². The van der Waals surface area contributed by atoms with Gasteiger partial charge in [0.05, 0.1) is 54.7 Å². The van der Waals surface area contributed by atoms with Gasteiger partial charge < -0.3 is 72.9 Å². The van der Waals surface area contributed by atoms with E-state index in [1.165, 1.54) is 14.0 Å². The van der Waals surface area contributed by atoms with Crippen LogP contribution in [0.15, 0.2) is 24.3 Å². The van der Waals surface area contributed by atoms with Crippen molar-refractivity contribution in [3.63, 3.8) is 0 Å². The van der Waals surface area contributed by atoms with E-state index in [-0.39, 0.29) is 30.9 Å². The Morgan fingerprint density at radius 3 is 2.17 bits per heavy atom. The van der Waals surface area contributed by atoms with Crippen LogP contribution < -0.4 is 0 Å². The molecule has 3 saturated heterocycles. The molecule has 4 N–H and O–H groups in total. The number of aldehydes is 1. The summed E-state index contributed by atoms with van der Waals surface area (Å²) in [7, 11) is 9.03. The number of allylic oxidation sites excluding steroid dienone is 2. The van der Waals surface area contributed by atoms with Gasteiger partial charge in [0.2, 0.25) is 0 Å². The Bertz CT molecular complexity index is 1370. The van der Waals surface area contributed by atoms with Gasteiger partial charge in [-0.05, 0) is 93.9 Å². The SMILES string of the molecule is CO[C@@H]1[C@@H](O[C@@H]2O[C@H](C)[C@@H](O[C@H]3C[C@@](C)(O)[C@@H](O)[C@H](C)O3)[C@H](N(C)C)[C@H]2O)[C@@H](CC=O)C[C@@H](C)[C@@H](O[C@H]2CC[C@H](N(C)C)[C@@H](C)O2)/C=C/C=C/C[C@@H](C)OC(=O)C[C@H]1O. The minimum absolute atomic E-state index is 0.00885. The third-order valence-electron chi connectivity index (χ3n) is 12.4. The molecule has 0 aromatic carbocycles. The first-order valence-corrected chi connectivity index (χ1v) is 21.3. The Balaban J connectivity index is 1.66. The molecule has 0 amide bonds. The molecule has 16 nitrogen and oxygen atoms in total. The average Bonchev–Trinajstić information content (AvgIpc) is 3.13. The smallest absolute Gasteiger partial charge is 0.308 e. The molecule has 4 heterocycles. The Labute approximate surface area is 351 Å². The number of carbonyl (C=O) groups is 2. The minimum Gasteiger partial charge on any atom is -0.462 e. The topological polar surface area (TPSA) is 195 Å². The van der Waals surface area contributed by atoms with Crippen molar-refractivity contribution in [3.8, 4) is 0 Å². The lowest BCUT2D eigenvalue weighted by Crippen LogP contribution is -2.65. The zero-order valence-corrected chi connectivity index (χ0v) is 37.0. The maximum Gasteiger partial charge on any atom is 0.308 e. The number of methoxy groups -OCH3 is 1. The number of likely N-dealkylation sites (N-methyl/N-ethyl adjacent to an activating group) is 2. The summed E-state index contributed by atoms with van der Waals surface area (Å²) < 4.78 is 50.0. The fourth-order valence-electron chi connectivity index (χ4n) is 9.10. The van der Waals surface area contributed by atoms with Crippen molar-refractivity contribution in [1.29, 1.82) is 0 Å². The van der Waals surface area contributed by atoms with Crippen molar-refractivity contribution >= 4 is 12.3 Å². The third kappa shape index (κ3) is 13.3. The van der Waals surface area contributed by atoms with Crippen LogP contribution in [-0.2, 0) is 47.5 Å². The molecule has 4 aliphatic rings. The molecule has 0 radical (unpaired) electrons. The molecule has 0 unspecified atom stereocenters. The number of hydrogen-bond acceptors (Lipinski definition) is 16. The molecule has 340 valence electrons. The lowest BCUT2D eigenvalue weighted by Gasteiger charge is -2.50. The van der Waals surface area contributed by atoms with E-state index in [1.807, 2.05) is 52.2 Å². The van der Waals surface area contributed by atoms with E-state index in [9.17, 15) is 30.0 Å². The van der Waals surface area contributed by atoms with Crippen LogP contribution in [0.3, 0.4) is 0 Å². The number of carbonyl (C=O) groups excluding carboxylic acids is 2. The molecular weight excluding hydrogens is 768 g/mol. The van der Waals surface area contributed by atoms with Crippen LogP contribution in [0.25, 0.3) is 0 Å². The van der Waals surface area contributed by atoms with Crippen LogP contribution >= 0.6 is 0 Å². The first-order chi connectivity index (χ1) is 27.8. The van der Waals surface area contributed by atoms with Gasteiger partial charge in [-0.1, -0.05) is 31.2 Å². The highest BCUT2D eigenvalue weighted by Gasteiger charge is 2.52. The number of aliphatic hydroxyl groups is 4. The van der Waals surface area contributed by atoms with Gasteiger partial charge in [-0.15, -0.1) is 0 Å². The number of aliphatic hydroxyl groups excluding tert-OH is 3. The summed E-state index contributed by atoms with van der Waals surface area (Å²) in [5.74, 6) is -1.47. The van der Waals surface area contributed by atoms with Crippen molar-refractivity contribution in [2.24, 2.45) is 11.8 Å². The lowest BCUT2D eigenvalue weighted by molar-refractivity contribution is -0.344. The van der Waals surface area contributed by atoms with Crippen molar-refractivity contribution in [2.75, 3.05) is 35.3 Å². The molecule has 0 saturated carbocycles. The van der Waals surface area contributed by atoms with Crippen molar-refractivity contribution in [3.05, 3.63) is 24.3 Å². The van der Waals surface area contributed by atoms with Crippen molar-refractivity contribution in [1.82, 2.24) is 9.80 Å². The number of cyclic esters (lactones) is 1. The lowest BCUT2D eigenvalue weighted by atomic mass is 9.82. The molecule has 59 heavy (non-hydrogen) atoms. The monoisotopic (exact) mass is 843 g/mol. The van der Waals surface area contributed by atoms with E-state index in [2.05, 4.69) is 4.90 Å². The quantitative estimate of drug-likeness (QED) is 0.175. The molecule has 0 spiro atoms. The summed E-state index contributed by atoms with van der Waals surface area (Å²) in [4.78, 5) is 29.5. The molecule has 0 bridgehead atoms. The first-order valence-electron chi connectivity index (χ1n) is 21.3. The maximum absolute atomic E-state index is 13.1. The highest BCUT2D eigenvalue weighted by molar-refractivity contribution is 5.70. The minimum atomic E-state index is -1.47. The summed E-state index contributed by atoms with van der Waals surface area (Å²) >= 11 is 0. The highest BCUT2D eigenvalue weighted by Crippen LogP contribution is 2.37. The molecular formula is C43H74N2O14. The molecule has 4 aliphatic heterocycles. The second-order valence-corrected chi connectivity index (χ2v) is 17.8. The van der Waals surface area contributed by atoms with Gasteiger partial charge in [-0.3, -0.25) is 4.79 Å². The number of esters is 1. The van der Waals surface area contributed by atoms with E-state index >= 15 is 0 Å². The standard InChI is InChI=1S/C43H74N2O14/c1-24-21-29(19-20-46)39(59-42-37(49)36(45(9)10)38(27(4)56-42)58-35-23-43(6,51)41(50)28(5)55-35)40(52-11)31(47)22-33(48)53-25(2)15-13-12-14-16-32(24)57-34-18-17-30(44(7)8)26(3)54-34/h12-14,16,20,24-32,34-42,47,49-51H,15,17-19,21-23H2,1-11H3/b13-12+,16-14+/t24-,25-,26-,27-,28+,29+,30+,31-,32+,34+,35+,36-,37-,38-,39+,40+,41+,42+,43-/m1/s1. The van der Waals surface area contributed by atoms with Crippen molar-refractivity contribution < 1.29 is 67.9 Å². The summed E-state index contributed by atoms with van der Waals surface area (Å²) in [6.07, 6.45) is -1.56. The van der Waals surface area contributed by atoms with E-state index in [0.717, 1.165) is 12.7 Å². The predicted octanol–water partition coefficient (Wildman–Crippen LogP) is 2.33. The molecule has 0 aliphatic carbocycles. The molecule has 19 atom stereocenters.